The van der Waals surface area contributed by atoms with Crippen LogP contribution in [-0.4, -0.2) is 41.5 Å². The Kier molecular flexibility index (Phi) is 3.51. The van der Waals surface area contributed by atoms with Crippen LogP contribution in [0.2, 0.25) is 0 Å². The molecular formula is C12H17N3O. The lowest BCUT2D eigenvalue weighted by atomic mass is 10.1. The average molecular weight is 219 g/mol. The summed E-state index contributed by atoms with van der Waals surface area (Å²) in [4.78, 5) is 18.0. The van der Waals surface area contributed by atoms with Gasteiger partial charge in [0.15, 0.2) is 0 Å². The summed E-state index contributed by atoms with van der Waals surface area (Å²) < 4.78 is 0. The molecule has 0 radical (unpaired) electrons. The Morgan fingerprint density at radius 2 is 2.56 bits per heavy atom. The zero-order valence-electron chi connectivity index (χ0n) is 9.52. The van der Waals surface area contributed by atoms with Gasteiger partial charge in [-0.2, -0.15) is 0 Å². The molecule has 0 aromatic carbocycles. The molecule has 0 spiro atoms. The Hall–Kier alpha value is -1.42. The molecule has 1 atom stereocenters. The second-order valence-electron chi connectivity index (χ2n) is 4.18. The number of piperazine rings is 1. The Morgan fingerprint density at radius 3 is 3.25 bits per heavy atom. The highest BCUT2D eigenvalue weighted by molar-refractivity contribution is 5.79. The summed E-state index contributed by atoms with van der Waals surface area (Å²) in [6.07, 6.45) is 3.93. The Labute approximate surface area is 95.7 Å². The van der Waals surface area contributed by atoms with Crippen LogP contribution in [0.15, 0.2) is 24.5 Å². The van der Waals surface area contributed by atoms with Crippen LogP contribution in [0.5, 0.6) is 0 Å². The summed E-state index contributed by atoms with van der Waals surface area (Å²) in [5.74, 6) is 0.196. The minimum absolute atomic E-state index is 0.196. The van der Waals surface area contributed by atoms with Crippen molar-refractivity contribution >= 4 is 5.91 Å². The van der Waals surface area contributed by atoms with E-state index in [2.05, 4.69) is 17.2 Å². The standard InChI is InChI=1S/C12H17N3O/c1-10-8-14-5-6-15(10)12(16)7-11-3-2-4-13-9-11/h2-4,9-10,14H,5-8H2,1H3/t10-/m1/s1. The van der Waals surface area contributed by atoms with E-state index >= 15 is 0 Å². The van der Waals surface area contributed by atoms with Crippen LogP contribution in [0.25, 0.3) is 0 Å². The van der Waals surface area contributed by atoms with E-state index < -0.39 is 0 Å². The molecule has 1 fully saturated rings. The van der Waals surface area contributed by atoms with Gasteiger partial charge in [-0.1, -0.05) is 6.07 Å². The van der Waals surface area contributed by atoms with E-state index in [9.17, 15) is 4.79 Å². The van der Waals surface area contributed by atoms with Gasteiger partial charge in [-0.25, -0.2) is 0 Å². The van der Waals surface area contributed by atoms with Crippen LogP contribution < -0.4 is 5.32 Å². The van der Waals surface area contributed by atoms with Crippen LogP contribution in [0.1, 0.15) is 12.5 Å². The van der Waals surface area contributed by atoms with E-state index in [0.29, 0.717) is 6.42 Å². The normalized spacial score (nSPS) is 20.8. The van der Waals surface area contributed by atoms with Crippen molar-refractivity contribution in [3.05, 3.63) is 30.1 Å². The van der Waals surface area contributed by atoms with E-state index in [1.165, 1.54) is 0 Å². The number of carbonyl (C=O) groups is 1. The number of nitrogens with zero attached hydrogens (tertiary/aromatic N) is 2. The van der Waals surface area contributed by atoms with E-state index in [1.807, 2.05) is 17.0 Å². The summed E-state index contributed by atoms with van der Waals surface area (Å²) in [5.41, 5.74) is 0.984. The van der Waals surface area contributed by atoms with E-state index in [4.69, 9.17) is 0 Å². The highest BCUT2D eigenvalue weighted by Crippen LogP contribution is 2.07. The maximum atomic E-state index is 12.0. The lowest BCUT2D eigenvalue weighted by Gasteiger charge is -2.34. The van der Waals surface area contributed by atoms with Gasteiger partial charge in [-0.05, 0) is 18.6 Å². The first kappa shape index (κ1) is 11.1. The lowest BCUT2D eigenvalue weighted by molar-refractivity contribution is -0.133. The van der Waals surface area contributed by atoms with Crippen molar-refractivity contribution in [1.29, 1.82) is 0 Å². The van der Waals surface area contributed by atoms with Crippen molar-refractivity contribution < 1.29 is 4.79 Å². The summed E-state index contributed by atoms with van der Waals surface area (Å²) >= 11 is 0. The molecule has 4 heteroatoms. The molecule has 1 aliphatic heterocycles. The first-order valence-electron chi connectivity index (χ1n) is 5.66. The number of rotatable bonds is 2. The highest BCUT2D eigenvalue weighted by Gasteiger charge is 2.22. The van der Waals surface area contributed by atoms with Crippen molar-refractivity contribution in [3.8, 4) is 0 Å². The van der Waals surface area contributed by atoms with E-state index in [-0.39, 0.29) is 11.9 Å². The third-order valence-corrected chi connectivity index (χ3v) is 2.90. The number of hydrogen-bond donors (Lipinski definition) is 1. The first-order valence-corrected chi connectivity index (χ1v) is 5.66. The molecule has 0 aliphatic carbocycles. The smallest absolute Gasteiger partial charge is 0.227 e. The molecule has 16 heavy (non-hydrogen) atoms. The molecule has 1 saturated heterocycles. The van der Waals surface area contributed by atoms with Crippen LogP contribution in [-0.2, 0) is 11.2 Å². The van der Waals surface area contributed by atoms with Gasteiger partial charge in [0.25, 0.3) is 0 Å². The average Bonchev–Trinajstić information content (AvgIpc) is 2.31. The molecule has 0 saturated carbocycles. The van der Waals surface area contributed by atoms with E-state index in [0.717, 1.165) is 25.2 Å². The number of carbonyl (C=O) groups excluding carboxylic acids is 1. The highest BCUT2D eigenvalue weighted by atomic mass is 16.2. The van der Waals surface area contributed by atoms with Crippen molar-refractivity contribution in [1.82, 2.24) is 15.2 Å². The second-order valence-corrected chi connectivity index (χ2v) is 4.18. The fraction of sp³-hybridized carbons (Fsp3) is 0.500. The van der Waals surface area contributed by atoms with Crippen molar-refractivity contribution in [2.75, 3.05) is 19.6 Å². The monoisotopic (exact) mass is 219 g/mol. The summed E-state index contributed by atoms with van der Waals surface area (Å²) in [7, 11) is 0. The minimum Gasteiger partial charge on any atom is -0.337 e. The number of amides is 1. The van der Waals surface area contributed by atoms with Crippen molar-refractivity contribution in [2.45, 2.75) is 19.4 Å². The number of pyridine rings is 1. The number of hydrogen-bond acceptors (Lipinski definition) is 3. The van der Waals surface area contributed by atoms with Crippen molar-refractivity contribution in [2.24, 2.45) is 0 Å². The van der Waals surface area contributed by atoms with Crippen LogP contribution in [0.3, 0.4) is 0 Å². The summed E-state index contributed by atoms with van der Waals surface area (Å²) in [6, 6.07) is 4.10. The van der Waals surface area contributed by atoms with E-state index in [1.54, 1.807) is 12.4 Å². The molecule has 1 aliphatic rings. The van der Waals surface area contributed by atoms with Gasteiger partial charge < -0.3 is 10.2 Å². The fourth-order valence-corrected chi connectivity index (χ4v) is 1.99. The Morgan fingerprint density at radius 1 is 1.69 bits per heavy atom. The first-order chi connectivity index (χ1) is 7.77. The number of aromatic nitrogens is 1. The number of nitrogens with one attached hydrogen (secondary N) is 1. The fourth-order valence-electron chi connectivity index (χ4n) is 1.99. The molecule has 4 nitrogen and oxygen atoms in total. The molecule has 1 amide bonds. The van der Waals surface area contributed by atoms with Gasteiger partial charge in [0.1, 0.15) is 0 Å². The molecular weight excluding hydrogens is 202 g/mol. The molecule has 1 N–H and O–H groups in total. The van der Waals surface area contributed by atoms with Crippen molar-refractivity contribution in [3.63, 3.8) is 0 Å². The summed E-state index contributed by atoms with van der Waals surface area (Å²) in [5, 5.41) is 3.28. The molecule has 0 bridgehead atoms. The largest absolute Gasteiger partial charge is 0.337 e. The molecule has 86 valence electrons. The van der Waals surface area contributed by atoms with Gasteiger partial charge in [-0.3, -0.25) is 9.78 Å². The van der Waals surface area contributed by atoms with Gasteiger partial charge in [0, 0.05) is 38.1 Å². The SMILES string of the molecule is C[C@@H]1CNCCN1C(=O)Cc1cccnc1. The van der Waals surface area contributed by atoms with Gasteiger partial charge in [0.05, 0.1) is 6.42 Å². The van der Waals surface area contributed by atoms with Gasteiger partial charge in [0.2, 0.25) is 5.91 Å². The molecule has 2 rings (SSSR count). The second kappa shape index (κ2) is 5.07. The Balaban J connectivity index is 1.97. The zero-order chi connectivity index (χ0) is 11.4. The Bertz CT molecular complexity index is 353. The third-order valence-electron chi connectivity index (χ3n) is 2.90. The predicted octanol–water partition coefficient (Wildman–Crippen LogP) is 0.444. The molecule has 2 heterocycles. The zero-order valence-corrected chi connectivity index (χ0v) is 9.52. The predicted molar refractivity (Wildman–Crippen MR) is 62.0 cm³/mol. The van der Waals surface area contributed by atoms with Gasteiger partial charge in [-0.15, -0.1) is 0 Å². The maximum absolute atomic E-state index is 12.0. The summed E-state index contributed by atoms with van der Waals surface area (Å²) in [6.45, 7) is 4.66. The quantitative estimate of drug-likeness (QED) is 0.785. The third kappa shape index (κ3) is 2.58. The van der Waals surface area contributed by atoms with Crippen LogP contribution in [0.4, 0.5) is 0 Å². The van der Waals surface area contributed by atoms with Crippen LogP contribution in [0, 0.1) is 0 Å². The molecule has 0 unspecified atom stereocenters. The minimum atomic E-state index is 0.196. The maximum Gasteiger partial charge on any atom is 0.227 e. The van der Waals surface area contributed by atoms with Gasteiger partial charge >= 0.3 is 0 Å². The molecule has 1 aromatic heterocycles. The topological polar surface area (TPSA) is 45.2 Å². The van der Waals surface area contributed by atoms with Crippen LogP contribution >= 0.6 is 0 Å². The lowest BCUT2D eigenvalue weighted by Crippen LogP contribution is -2.52. The molecule has 1 aromatic rings.